The van der Waals surface area contributed by atoms with E-state index in [9.17, 15) is 9.59 Å². The normalized spacial score (nSPS) is 11.5. The number of thiazole rings is 1. The number of thioether (sulfide) groups is 1. The zero-order chi connectivity index (χ0) is 23.1. The number of nitrogens with one attached hydrogen (secondary N) is 2. The number of carbonyl (C=O) groups is 2. The molecule has 1 aromatic heterocycles. The fraction of sp³-hybridized carbons (Fsp3) is 0.261. The van der Waals surface area contributed by atoms with E-state index in [0.717, 1.165) is 16.2 Å². The van der Waals surface area contributed by atoms with Gasteiger partial charge >= 0.3 is 0 Å². The van der Waals surface area contributed by atoms with Gasteiger partial charge in [0.25, 0.3) is 0 Å². The highest BCUT2D eigenvalue weighted by Gasteiger charge is 2.20. The van der Waals surface area contributed by atoms with Crippen LogP contribution in [0, 0.1) is 0 Å². The van der Waals surface area contributed by atoms with Crippen molar-refractivity contribution < 1.29 is 19.1 Å². The van der Waals surface area contributed by atoms with Gasteiger partial charge in [0, 0.05) is 28.5 Å². The monoisotopic (exact) mass is 471 g/mol. The van der Waals surface area contributed by atoms with Crippen molar-refractivity contribution >= 4 is 45.7 Å². The average molecular weight is 472 g/mol. The Morgan fingerprint density at radius 3 is 2.56 bits per heavy atom. The van der Waals surface area contributed by atoms with Crippen molar-refractivity contribution in [3.8, 4) is 22.8 Å². The van der Waals surface area contributed by atoms with Gasteiger partial charge in [0.05, 0.1) is 25.2 Å². The minimum Gasteiger partial charge on any atom is -0.493 e. The van der Waals surface area contributed by atoms with Crippen LogP contribution in [0.2, 0.25) is 0 Å². The molecular formula is C23H25N3O4S2. The number of amides is 2. The molecule has 0 radical (unpaired) electrons. The molecule has 0 aliphatic rings. The molecule has 2 aromatic carbocycles. The molecule has 0 saturated carbocycles. The third kappa shape index (κ3) is 6.02. The fourth-order valence-electron chi connectivity index (χ4n) is 2.98. The van der Waals surface area contributed by atoms with Crippen LogP contribution in [0.5, 0.6) is 11.5 Å². The number of nitrogens with zero attached hydrogens (tertiary/aromatic N) is 1. The van der Waals surface area contributed by atoms with Crippen LogP contribution in [0.25, 0.3) is 11.3 Å². The van der Waals surface area contributed by atoms with E-state index in [0.29, 0.717) is 28.7 Å². The Hall–Kier alpha value is -3.04. The third-order valence-corrected chi connectivity index (χ3v) is 6.63. The Labute approximate surface area is 195 Å². The first-order chi connectivity index (χ1) is 15.4. The van der Waals surface area contributed by atoms with Crippen LogP contribution in [0.15, 0.2) is 52.7 Å². The van der Waals surface area contributed by atoms with Crippen LogP contribution in [0.4, 0.5) is 10.8 Å². The molecule has 32 heavy (non-hydrogen) atoms. The van der Waals surface area contributed by atoms with Gasteiger partial charge in [-0.1, -0.05) is 13.0 Å². The van der Waals surface area contributed by atoms with E-state index < -0.39 is 0 Å². The molecule has 2 N–H and O–H groups in total. The number of hydrogen-bond acceptors (Lipinski definition) is 7. The third-order valence-electron chi connectivity index (χ3n) is 4.51. The maximum absolute atomic E-state index is 12.9. The summed E-state index contributed by atoms with van der Waals surface area (Å²) in [7, 11) is 3.18. The van der Waals surface area contributed by atoms with Gasteiger partial charge in [0.15, 0.2) is 16.6 Å². The van der Waals surface area contributed by atoms with Crippen molar-refractivity contribution in [2.24, 2.45) is 0 Å². The summed E-state index contributed by atoms with van der Waals surface area (Å²) in [6.07, 6.45) is 0.648. The lowest BCUT2D eigenvalue weighted by Crippen LogP contribution is -2.24. The quantitative estimate of drug-likeness (QED) is 0.412. The molecule has 0 spiro atoms. The number of methoxy groups -OCH3 is 2. The van der Waals surface area contributed by atoms with Crippen molar-refractivity contribution in [3.05, 3.63) is 47.8 Å². The molecule has 2 amide bonds. The summed E-state index contributed by atoms with van der Waals surface area (Å²) in [6, 6.07) is 13.0. The SMILES string of the molecule is CCC(Sc1cccc(NC(C)=O)c1)C(=O)Nc1nc(-c2ccc(OC)c(OC)c2)cs1. The average Bonchev–Trinajstić information content (AvgIpc) is 3.25. The largest absolute Gasteiger partial charge is 0.493 e. The van der Waals surface area contributed by atoms with Crippen molar-refractivity contribution in [2.45, 2.75) is 30.4 Å². The number of anilines is 2. The second-order valence-electron chi connectivity index (χ2n) is 6.82. The van der Waals surface area contributed by atoms with Gasteiger partial charge in [-0.15, -0.1) is 23.1 Å². The predicted octanol–water partition coefficient (Wildman–Crippen LogP) is 5.30. The predicted molar refractivity (Wildman–Crippen MR) is 130 cm³/mol. The summed E-state index contributed by atoms with van der Waals surface area (Å²) in [5, 5.41) is 7.81. The van der Waals surface area contributed by atoms with E-state index in [4.69, 9.17) is 9.47 Å². The minimum atomic E-state index is -0.295. The van der Waals surface area contributed by atoms with Gasteiger partial charge in [0.2, 0.25) is 11.8 Å². The number of benzene rings is 2. The van der Waals surface area contributed by atoms with Gasteiger partial charge < -0.3 is 20.1 Å². The van der Waals surface area contributed by atoms with Gasteiger partial charge in [-0.05, 0) is 42.8 Å². The topological polar surface area (TPSA) is 89.6 Å². The summed E-state index contributed by atoms with van der Waals surface area (Å²) in [4.78, 5) is 29.6. The van der Waals surface area contributed by atoms with E-state index >= 15 is 0 Å². The van der Waals surface area contributed by atoms with E-state index in [2.05, 4.69) is 15.6 Å². The molecule has 0 saturated heterocycles. The van der Waals surface area contributed by atoms with Gasteiger partial charge in [0.1, 0.15) is 0 Å². The lowest BCUT2D eigenvalue weighted by Gasteiger charge is -2.14. The zero-order valence-corrected chi connectivity index (χ0v) is 19.9. The Morgan fingerprint density at radius 1 is 1.09 bits per heavy atom. The standard InChI is InChI=1S/C23H25N3O4S2/c1-5-21(32-17-8-6-7-16(12-17)24-14(2)27)22(28)26-23-25-18(13-31-23)15-9-10-19(29-3)20(11-15)30-4/h6-13,21H,5H2,1-4H3,(H,24,27)(H,25,26,28). The first-order valence-corrected chi connectivity index (χ1v) is 11.7. The molecule has 1 atom stereocenters. The van der Waals surface area contributed by atoms with Crippen LogP contribution >= 0.6 is 23.1 Å². The highest BCUT2D eigenvalue weighted by molar-refractivity contribution is 8.00. The van der Waals surface area contributed by atoms with E-state index in [-0.39, 0.29) is 17.1 Å². The molecule has 0 aliphatic heterocycles. The molecule has 0 fully saturated rings. The minimum absolute atomic E-state index is 0.115. The second-order valence-corrected chi connectivity index (χ2v) is 8.95. The molecular weight excluding hydrogens is 446 g/mol. The van der Waals surface area contributed by atoms with Crippen LogP contribution in [0.1, 0.15) is 20.3 Å². The molecule has 3 aromatic rings. The molecule has 1 unspecified atom stereocenters. The summed E-state index contributed by atoms with van der Waals surface area (Å²) in [5.41, 5.74) is 2.32. The van der Waals surface area contributed by atoms with Crippen molar-refractivity contribution in [2.75, 3.05) is 24.9 Å². The number of hydrogen-bond donors (Lipinski definition) is 2. The fourth-order valence-corrected chi connectivity index (χ4v) is 4.72. The number of rotatable bonds is 9. The molecule has 0 aliphatic carbocycles. The van der Waals surface area contributed by atoms with E-state index in [1.165, 1.54) is 30.0 Å². The highest BCUT2D eigenvalue weighted by Crippen LogP contribution is 2.34. The number of carbonyl (C=O) groups excluding carboxylic acids is 2. The maximum Gasteiger partial charge on any atom is 0.239 e. The summed E-state index contributed by atoms with van der Waals surface area (Å²) in [5.74, 6) is 1.01. The summed E-state index contributed by atoms with van der Waals surface area (Å²) < 4.78 is 10.6. The lowest BCUT2D eigenvalue weighted by molar-refractivity contribution is -0.116. The summed E-state index contributed by atoms with van der Waals surface area (Å²) in [6.45, 7) is 3.43. The Morgan fingerprint density at radius 2 is 1.88 bits per heavy atom. The van der Waals surface area contributed by atoms with E-state index in [1.54, 1.807) is 14.2 Å². The summed E-state index contributed by atoms with van der Waals surface area (Å²) >= 11 is 2.82. The van der Waals surface area contributed by atoms with Crippen molar-refractivity contribution in [1.82, 2.24) is 4.98 Å². The van der Waals surface area contributed by atoms with Crippen LogP contribution in [0.3, 0.4) is 0 Å². The smallest absolute Gasteiger partial charge is 0.239 e. The molecule has 7 nitrogen and oxygen atoms in total. The Bertz CT molecular complexity index is 1100. The van der Waals surface area contributed by atoms with Crippen LogP contribution < -0.4 is 20.1 Å². The highest BCUT2D eigenvalue weighted by atomic mass is 32.2. The number of aromatic nitrogens is 1. The van der Waals surface area contributed by atoms with Crippen molar-refractivity contribution in [3.63, 3.8) is 0 Å². The first-order valence-electron chi connectivity index (χ1n) is 9.96. The number of ether oxygens (including phenoxy) is 2. The van der Waals surface area contributed by atoms with Gasteiger partial charge in [-0.2, -0.15) is 0 Å². The van der Waals surface area contributed by atoms with E-state index in [1.807, 2.05) is 54.8 Å². The van der Waals surface area contributed by atoms with Gasteiger partial charge in [-0.3, -0.25) is 9.59 Å². The maximum atomic E-state index is 12.9. The van der Waals surface area contributed by atoms with Gasteiger partial charge in [-0.25, -0.2) is 4.98 Å². The lowest BCUT2D eigenvalue weighted by atomic mass is 10.1. The Balaban J connectivity index is 1.69. The van der Waals surface area contributed by atoms with Crippen molar-refractivity contribution in [1.29, 1.82) is 0 Å². The molecule has 3 rings (SSSR count). The molecule has 1 heterocycles. The Kier molecular flexibility index (Phi) is 8.13. The zero-order valence-electron chi connectivity index (χ0n) is 18.3. The molecule has 168 valence electrons. The van der Waals surface area contributed by atoms with Crippen LogP contribution in [-0.4, -0.2) is 36.3 Å². The van der Waals surface area contributed by atoms with Crippen LogP contribution in [-0.2, 0) is 9.59 Å². The molecule has 0 bridgehead atoms. The molecule has 9 heteroatoms. The second kappa shape index (κ2) is 11.0. The first kappa shape index (κ1) is 23.6.